The van der Waals surface area contributed by atoms with E-state index < -0.39 is 4.92 Å². The van der Waals surface area contributed by atoms with E-state index in [0.717, 1.165) is 25.2 Å². The summed E-state index contributed by atoms with van der Waals surface area (Å²) < 4.78 is 0. The van der Waals surface area contributed by atoms with E-state index in [1.54, 1.807) is 6.07 Å². The van der Waals surface area contributed by atoms with Gasteiger partial charge in [0.25, 0.3) is 0 Å². The number of aromatic hydroxyl groups is 1. The first-order chi connectivity index (χ1) is 7.68. The first-order valence-corrected chi connectivity index (χ1v) is 5.10. The number of phenols is 1. The third kappa shape index (κ3) is 2.12. The molecule has 1 fully saturated rings. The van der Waals surface area contributed by atoms with Gasteiger partial charge in [-0.15, -0.1) is 0 Å². The number of piperazine rings is 1. The van der Waals surface area contributed by atoms with Crippen molar-refractivity contribution < 1.29 is 10.0 Å². The Hall–Kier alpha value is -1.66. The average Bonchev–Trinajstić information content (AvgIpc) is 2.30. The van der Waals surface area contributed by atoms with E-state index in [1.165, 1.54) is 12.1 Å². The smallest absolute Gasteiger partial charge is 0.311 e. The molecule has 1 aromatic carbocycles. The third-order valence-electron chi connectivity index (χ3n) is 2.64. The number of benzene rings is 1. The maximum absolute atomic E-state index is 10.7. The molecule has 0 spiro atoms. The molecule has 86 valence electrons. The van der Waals surface area contributed by atoms with Gasteiger partial charge in [-0.05, 0) is 11.6 Å². The molecule has 0 aliphatic carbocycles. The summed E-state index contributed by atoms with van der Waals surface area (Å²) >= 11 is 0. The monoisotopic (exact) mass is 223 g/mol. The fourth-order valence-electron chi connectivity index (χ4n) is 1.79. The summed E-state index contributed by atoms with van der Waals surface area (Å²) in [6.07, 6.45) is 0. The summed E-state index contributed by atoms with van der Waals surface area (Å²) in [7, 11) is 0. The minimum absolute atomic E-state index is 0.0630. The van der Waals surface area contributed by atoms with Gasteiger partial charge in [-0.3, -0.25) is 10.1 Å². The quantitative estimate of drug-likeness (QED) is 0.503. The molecule has 1 aliphatic heterocycles. The van der Waals surface area contributed by atoms with Gasteiger partial charge in [0.15, 0.2) is 5.75 Å². The summed E-state index contributed by atoms with van der Waals surface area (Å²) in [6, 6.07) is 4.55. The van der Waals surface area contributed by atoms with Crippen molar-refractivity contribution in [3.63, 3.8) is 0 Å². The van der Waals surface area contributed by atoms with Crippen LogP contribution < -0.4 is 10.6 Å². The minimum Gasteiger partial charge on any atom is -0.502 e. The SMILES string of the molecule is O=[N+]([O-])c1cc([C@H]2CNCCN2)ccc1O. The normalized spacial score (nSPS) is 20.6. The highest BCUT2D eigenvalue weighted by molar-refractivity contribution is 5.48. The lowest BCUT2D eigenvalue weighted by molar-refractivity contribution is -0.385. The van der Waals surface area contributed by atoms with Gasteiger partial charge in [0.2, 0.25) is 0 Å². The molecule has 1 heterocycles. The topological polar surface area (TPSA) is 87.4 Å². The highest BCUT2D eigenvalue weighted by Crippen LogP contribution is 2.28. The zero-order valence-corrected chi connectivity index (χ0v) is 8.64. The largest absolute Gasteiger partial charge is 0.502 e. The minimum atomic E-state index is -0.574. The van der Waals surface area contributed by atoms with E-state index in [9.17, 15) is 15.2 Å². The number of nitro groups is 1. The van der Waals surface area contributed by atoms with Gasteiger partial charge in [-0.25, -0.2) is 0 Å². The third-order valence-corrected chi connectivity index (χ3v) is 2.64. The Balaban J connectivity index is 2.27. The number of nitrogens with one attached hydrogen (secondary N) is 2. The molecule has 0 amide bonds. The molecule has 0 aromatic heterocycles. The van der Waals surface area contributed by atoms with Crippen molar-refractivity contribution in [2.24, 2.45) is 0 Å². The van der Waals surface area contributed by atoms with Gasteiger partial charge in [-0.1, -0.05) is 6.07 Å². The van der Waals surface area contributed by atoms with Crippen molar-refractivity contribution in [2.75, 3.05) is 19.6 Å². The fourth-order valence-corrected chi connectivity index (χ4v) is 1.79. The summed E-state index contributed by atoms with van der Waals surface area (Å²) in [5.41, 5.74) is 0.571. The van der Waals surface area contributed by atoms with Crippen molar-refractivity contribution in [3.8, 4) is 5.75 Å². The van der Waals surface area contributed by atoms with Crippen LogP contribution in [-0.2, 0) is 0 Å². The molecule has 0 radical (unpaired) electrons. The molecule has 1 atom stereocenters. The molecular formula is C10H13N3O3. The number of phenolic OH excluding ortho intramolecular Hbond substituents is 1. The fraction of sp³-hybridized carbons (Fsp3) is 0.400. The molecule has 1 aliphatic rings. The van der Waals surface area contributed by atoms with E-state index in [2.05, 4.69) is 10.6 Å². The molecule has 0 unspecified atom stereocenters. The van der Waals surface area contributed by atoms with Crippen LogP contribution in [0.15, 0.2) is 18.2 Å². The maximum Gasteiger partial charge on any atom is 0.311 e. The van der Waals surface area contributed by atoms with Crippen LogP contribution in [0.4, 0.5) is 5.69 Å². The van der Waals surface area contributed by atoms with Crippen molar-refractivity contribution in [3.05, 3.63) is 33.9 Å². The molecule has 6 heteroatoms. The highest BCUT2D eigenvalue weighted by Gasteiger charge is 2.19. The maximum atomic E-state index is 10.7. The van der Waals surface area contributed by atoms with Crippen LogP contribution in [0.25, 0.3) is 0 Å². The van der Waals surface area contributed by atoms with Crippen molar-refractivity contribution in [2.45, 2.75) is 6.04 Å². The second-order valence-corrected chi connectivity index (χ2v) is 3.72. The van der Waals surface area contributed by atoms with E-state index in [4.69, 9.17) is 0 Å². The highest BCUT2D eigenvalue weighted by atomic mass is 16.6. The van der Waals surface area contributed by atoms with Gasteiger partial charge in [-0.2, -0.15) is 0 Å². The van der Waals surface area contributed by atoms with Crippen LogP contribution >= 0.6 is 0 Å². The number of nitrogens with zero attached hydrogens (tertiary/aromatic N) is 1. The van der Waals surface area contributed by atoms with Crippen LogP contribution in [0.1, 0.15) is 11.6 Å². The van der Waals surface area contributed by atoms with Gasteiger partial charge < -0.3 is 15.7 Å². The Morgan fingerprint density at radius 1 is 1.44 bits per heavy atom. The van der Waals surface area contributed by atoms with Crippen molar-refractivity contribution in [1.29, 1.82) is 0 Å². The second-order valence-electron chi connectivity index (χ2n) is 3.72. The summed E-state index contributed by atoms with van der Waals surface area (Å²) in [5, 5.41) is 26.4. The number of nitro benzene ring substituents is 1. The Bertz CT molecular complexity index is 402. The summed E-state index contributed by atoms with van der Waals surface area (Å²) in [4.78, 5) is 10.1. The van der Waals surface area contributed by atoms with Crippen LogP contribution in [0.5, 0.6) is 5.75 Å². The van der Waals surface area contributed by atoms with Gasteiger partial charge in [0.1, 0.15) is 0 Å². The Morgan fingerprint density at radius 2 is 2.25 bits per heavy atom. The summed E-state index contributed by atoms with van der Waals surface area (Å²) in [6.45, 7) is 2.47. The first-order valence-electron chi connectivity index (χ1n) is 5.10. The van der Waals surface area contributed by atoms with E-state index in [0.29, 0.717) is 0 Å². The zero-order valence-electron chi connectivity index (χ0n) is 8.64. The van der Waals surface area contributed by atoms with Crippen LogP contribution in [0.3, 0.4) is 0 Å². The Labute approximate surface area is 92.4 Å². The van der Waals surface area contributed by atoms with Crippen molar-refractivity contribution >= 4 is 5.69 Å². The predicted octanol–water partition coefficient (Wildman–Crippen LogP) is 0.534. The molecule has 2 rings (SSSR count). The number of hydrogen-bond donors (Lipinski definition) is 3. The van der Waals surface area contributed by atoms with Crippen molar-refractivity contribution in [1.82, 2.24) is 10.6 Å². The average molecular weight is 223 g/mol. The van der Waals surface area contributed by atoms with Gasteiger partial charge in [0.05, 0.1) is 4.92 Å². The number of rotatable bonds is 2. The zero-order chi connectivity index (χ0) is 11.5. The lowest BCUT2D eigenvalue weighted by atomic mass is 10.0. The lowest BCUT2D eigenvalue weighted by Gasteiger charge is -2.24. The molecule has 0 bridgehead atoms. The van der Waals surface area contributed by atoms with Crippen LogP contribution in [-0.4, -0.2) is 29.7 Å². The summed E-state index contributed by atoms with van der Waals surface area (Å²) in [5.74, 6) is -0.294. The molecule has 1 aromatic rings. The molecule has 3 N–H and O–H groups in total. The van der Waals surface area contributed by atoms with E-state index in [1.807, 2.05) is 0 Å². The lowest BCUT2D eigenvalue weighted by Crippen LogP contribution is -2.42. The Morgan fingerprint density at radius 3 is 2.88 bits per heavy atom. The standard InChI is InChI=1S/C10H13N3O3/c14-10-2-1-7(5-9(10)13(15)16)8-6-11-3-4-12-8/h1-2,5,8,11-12,14H,3-4,6H2/t8-/m1/s1. The van der Waals surface area contributed by atoms with E-state index >= 15 is 0 Å². The predicted molar refractivity (Wildman–Crippen MR) is 58.4 cm³/mol. The van der Waals surface area contributed by atoms with Crippen LogP contribution in [0.2, 0.25) is 0 Å². The Kier molecular flexibility index (Phi) is 3.02. The molecule has 0 saturated carbocycles. The molecule has 16 heavy (non-hydrogen) atoms. The number of hydrogen-bond acceptors (Lipinski definition) is 5. The molecular weight excluding hydrogens is 210 g/mol. The van der Waals surface area contributed by atoms with Gasteiger partial charge in [0, 0.05) is 31.7 Å². The molecule has 6 nitrogen and oxygen atoms in total. The second kappa shape index (κ2) is 4.46. The molecule has 1 saturated heterocycles. The van der Waals surface area contributed by atoms with E-state index in [-0.39, 0.29) is 17.5 Å². The first kappa shape index (κ1) is 10.8. The van der Waals surface area contributed by atoms with Crippen LogP contribution in [0, 0.1) is 10.1 Å². The van der Waals surface area contributed by atoms with Gasteiger partial charge >= 0.3 is 5.69 Å².